The van der Waals surface area contributed by atoms with Crippen molar-refractivity contribution in [2.45, 2.75) is 13.8 Å². The average Bonchev–Trinajstić information content (AvgIpc) is 2.60. The van der Waals surface area contributed by atoms with Gasteiger partial charge in [0.05, 0.1) is 18.2 Å². The highest BCUT2D eigenvalue weighted by Gasteiger charge is 2.29. The average molecular weight is 310 g/mol. The number of hydrogen-bond donors (Lipinski definition) is 0. The van der Waals surface area contributed by atoms with Crippen LogP contribution in [0.15, 0.2) is 36.7 Å². The number of rotatable bonds is 5. The Morgan fingerprint density at radius 2 is 2.00 bits per heavy atom. The summed E-state index contributed by atoms with van der Waals surface area (Å²) in [7, 11) is 1.36. The molecule has 0 unspecified atom stereocenters. The second-order valence-corrected chi connectivity index (χ2v) is 5.63. The zero-order valence-corrected chi connectivity index (χ0v) is 13.4. The van der Waals surface area contributed by atoms with E-state index in [0.29, 0.717) is 5.88 Å². The molecule has 2 rings (SSSR count). The number of carbonyl (C=O) groups is 1. The number of hydrogen-bond acceptors (Lipinski definition) is 5. The van der Waals surface area contributed by atoms with Crippen LogP contribution in [-0.2, 0) is 9.53 Å². The van der Waals surface area contributed by atoms with Crippen molar-refractivity contribution in [3.63, 3.8) is 0 Å². The van der Waals surface area contributed by atoms with E-state index < -0.39 is 5.41 Å². The number of pyridine rings is 2. The van der Waals surface area contributed by atoms with Crippen molar-refractivity contribution in [1.29, 1.82) is 0 Å². The highest BCUT2D eigenvalue weighted by molar-refractivity contribution is 5.75. The second kappa shape index (κ2) is 6.93. The fraction of sp³-hybridized carbons (Fsp3) is 0.278. The maximum Gasteiger partial charge on any atom is 0.314 e. The van der Waals surface area contributed by atoms with Gasteiger partial charge in [-0.1, -0.05) is 5.92 Å². The monoisotopic (exact) mass is 310 g/mol. The lowest BCUT2D eigenvalue weighted by molar-refractivity contribution is -0.152. The van der Waals surface area contributed by atoms with Crippen molar-refractivity contribution in [3.8, 4) is 29.5 Å². The van der Waals surface area contributed by atoms with E-state index in [-0.39, 0.29) is 12.6 Å². The van der Waals surface area contributed by atoms with Crippen molar-refractivity contribution in [2.24, 2.45) is 5.41 Å². The van der Waals surface area contributed by atoms with Gasteiger partial charge in [0, 0.05) is 29.6 Å². The third kappa shape index (κ3) is 4.07. The molecule has 0 atom stereocenters. The highest BCUT2D eigenvalue weighted by Crippen LogP contribution is 2.21. The molecule has 0 fully saturated rings. The topological polar surface area (TPSA) is 61.3 Å². The van der Waals surface area contributed by atoms with E-state index in [1.54, 1.807) is 32.3 Å². The summed E-state index contributed by atoms with van der Waals surface area (Å²) >= 11 is 0. The molecule has 0 saturated heterocycles. The zero-order chi connectivity index (χ0) is 16.9. The number of terminal acetylenes is 1. The molecule has 0 bridgehead atoms. The van der Waals surface area contributed by atoms with Gasteiger partial charge in [0.2, 0.25) is 5.88 Å². The molecule has 0 radical (unpaired) electrons. The first-order valence-corrected chi connectivity index (χ1v) is 7.06. The molecule has 0 aliphatic carbocycles. The molecule has 2 heterocycles. The minimum atomic E-state index is -0.734. The lowest BCUT2D eigenvalue weighted by Gasteiger charge is -2.21. The van der Waals surface area contributed by atoms with Gasteiger partial charge in [-0.25, -0.2) is 4.98 Å². The van der Waals surface area contributed by atoms with Crippen LogP contribution in [0.1, 0.15) is 19.4 Å². The van der Waals surface area contributed by atoms with Gasteiger partial charge in [0.15, 0.2) is 0 Å². The molecule has 0 N–H and O–H groups in total. The fourth-order valence-corrected chi connectivity index (χ4v) is 1.86. The van der Waals surface area contributed by atoms with E-state index in [0.717, 1.165) is 16.8 Å². The molecule has 0 aromatic carbocycles. The maximum atomic E-state index is 11.6. The first-order valence-electron chi connectivity index (χ1n) is 7.06. The smallest absolute Gasteiger partial charge is 0.314 e. The van der Waals surface area contributed by atoms with Crippen LogP contribution in [-0.4, -0.2) is 29.7 Å². The number of ether oxygens (including phenoxy) is 2. The Labute approximate surface area is 135 Å². The molecule has 2 aromatic rings. The van der Waals surface area contributed by atoms with Crippen molar-refractivity contribution in [2.75, 3.05) is 13.7 Å². The highest BCUT2D eigenvalue weighted by atomic mass is 16.5. The summed E-state index contributed by atoms with van der Waals surface area (Å²) in [5, 5.41) is 0. The van der Waals surface area contributed by atoms with Crippen LogP contribution in [0.4, 0.5) is 0 Å². The maximum absolute atomic E-state index is 11.6. The van der Waals surface area contributed by atoms with Crippen LogP contribution in [0.2, 0.25) is 0 Å². The van der Waals surface area contributed by atoms with E-state index >= 15 is 0 Å². The van der Waals surface area contributed by atoms with Gasteiger partial charge < -0.3 is 9.47 Å². The van der Waals surface area contributed by atoms with Gasteiger partial charge in [0.1, 0.15) is 6.61 Å². The van der Waals surface area contributed by atoms with E-state index in [1.807, 2.05) is 18.2 Å². The van der Waals surface area contributed by atoms with Crippen LogP contribution < -0.4 is 4.74 Å². The number of nitrogens with zero attached hydrogens (tertiary/aromatic N) is 2. The van der Waals surface area contributed by atoms with E-state index in [9.17, 15) is 4.79 Å². The Balaban J connectivity index is 2.05. The fourth-order valence-electron chi connectivity index (χ4n) is 1.86. The molecular weight excluding hydrogens is 292 g/mol. The Hall–Kier alpha value is -2.87. The van der Waals surface area contributed by atoms with Crippen molar-refractivity contribution < 1.29 is 14.3 Å². The normalized spacial score (nSPS) is 10.7. The lowest BCUT2D eigenvalue weighted by atomic mass is 9.95. The molecule has 5 heteroatoms. The van der Waals surface area contributed by atoms with Crippen LogP contribution in [0.25, 0.3) is 11.3 Å². The summed E-state index contributed by atoms with van der Waals surface area (Å²) in [5.74, 6) is 2.63. The van der Waals surface area contributed by atoms with Gasteiger partial charge in [-0.05, 0) is 32.0 Å². The molecule has 0 aliphatic heterocycles. The van der Waals surface area contributed by atoms with Crippen LogP contribution in [0, 0.1) is 17.8 Å². The molecular formula is C18H18N2O3. The molecule has 0 aliphatic rings. The Bertz CT molecular complexity index is 713. The Morgan fingerprint density at radius 1 is 1.22 bits per heavy atom. The minimum Gasteiger partial charge on any atom is -0.476 e. The molecule has 0 saturated carbocycles. The minimum absolute atomic E-state index is 0.182. The summed E-state index contributed by atoms with van der Waals surface area (Å²) in [6.07, 6.45) is 8.61. The number of carbonyl (C=O) groups excluding carboxylic acids is 1. The van der Waals surface area contributed by atoms with Crippen LogP contribution in [0.3, 0.4) is 0 Å². The second-order valence-electron chi connectivity index (χ2n) is 5.63. The van der Waals surface area contributed by atoms with Crippen molar-refractivity contribution in [3.05, 3.63) is 42.2 Å². The van der Waals surface area contributed by atoms with Gasteiger partial charge in [-0.2, -0.15) is 0 Å². The van der Waals surface area contributed by atoms with Crippen LogP contribution in [0.5, 0.6) is 5.88 Å². The molecule has 5 nitrogen and oxygen atoms in total. The first-order chi connectivity index (χ1) is 11.0. The van der Waals surface area contributed by atoms with Gasteiger partial charge in [0.25, 0.3) is 0 Å². The zero-order valence-electron chi connectivity index (χ0n) is 13.4. The van der Waals surface area contributed by atoms with Crippen molar-refractivity contribution >= 4 is 5.97 Å². The summed E-state index contributed by atoms with van der Waals surface area (Å²) in [6, 6.07) is 7.25. The Morgan fingerprint density at radius 3 is 2.52 bits per heavy atom. The van der Waals surface area contributed by atoms with Gasteiger partial charge in [-0.3, -0.25) is 9.78 Å². The predicted molar refractivity (Wildman–Crippen MR) is 86.7 cm³/mol. The number of methoxy groups -OCH3 is 1. The standard InChI is InChI=1S/C18H18N2O3/c1-5-13-6-8-15(19-10-13)14-7-9-16(20-11-14)23-12-18(2,3)17(21)22-4/h1,6-11H,12H2,2-4H3. The SMILES string of the molecule is C#Cc1ccc(-c2ccc(OCC(C)(C)C(=O)OC)nc2)nc1. The molecule has 0 amide bonds. The first kappa shape index (κ1) is 16.5. The molecule has 0 spiro atoms. The third-order valence-electron chi connectivity index (χ3n) is 3.28. The summed E-state index contributed by atoms with van der Waals surface area (Å²) in [5.41, 5.74) is 1.62. The number of aromatic nitrogens is 2. The van der Waals surface area contributed by atoms with E-state index in [1.165, 1.54) is 7.11 Å². The quantitative estimate of drug-likeness (QED) is 0.627. The van der Waals surface area contributed by atoms with Gasteiger partial charge in [-0.15, -0.1) is 6.42 Å². The van der Waals surface area contributed by atoms with Gasteiger partial charge >= 0.3 is 5.97 Å². The summed E-state index contributed by atoms with van der Waals surface area (Å²) in [4.78, 5) is 20.1. The molecule has 2 aromatic heterocycles. The summed E-state index contributed by atoms with van der Waals surface area (Å²) in [6.45, 7) is 3.69. The third-order valence-corrected chi connectivity index (χ3v) is 3.28. The van der Waals surface area contributed by atoms with Crippen molar-refractivity contribution in [1.82, 2.24) is 9.97 Å². The molecule has 118 valence electrons. The lowest BCUT2D eigenvalue weighted by Crippen LogP contribution is -2.32. The number of esters is 1. The largest absolute Gasteiger partial charge is 0.476 e. The van der Waals surface area contributed by atoms with E-state index in [4.69, 9.17) is 15.9 Å². The van der Waals surface area contributed by atoms with E-state index in [2.05, 4.69) is 15.9 Å². The Kier molecular flexibility index (Phi) is 4.97. The van der Waals surface area contributed by atoms with Crippen LogP contribution >= 0.6 is 0 Å². The summed E-state index contributed by atoms with van der Waals surface area (Å²) < 4.78 is 10.3. The predicted octanol–water partition coefficient (Wildman–Crippen LogP) is 2.70. The molecule has 23 heavy (non-hydrogen) atoms.